The summed E-state index contributed by atoms with van der Waals surface area (Å²) in [7, 11) is 0. The lowest BCUT2D eigenvalue weighted by Gasteiger charge is -2.36. The summed E-state index contributed by atoms with van der Waals surface area (Å²) in [5, 5.41) is 57.1. The number of nitrogens with one attached hydrogen (secondary N) is 13. The number of carbonyl (C=O) groups excluding carboxylic acids is 11. The van der Waals surface area contributed by atoms with Crippen molar-refractivity contribution in [2.24, 2.45) is 0 Å². The highest BCUT2D eigenvalue weighted by Gasteiger charge is 2.33. The number of unbranched alkanes of at least 4 members (excludes halogenated alkanes) is 4. The van der Waals surface area contributed by atoms with Gasteiger partial charge in [-0.15, -0.1) is 0 Å². The number of hydrogen-bond donors (Lipinski definition) is 14. The lowest BCUT2D eigenvalue weighted by molar-refractivity contribution is -0.137. The van der Waals surface area contributed by atoms with Crippen LogP contribution in [0.25, 0.3) is 21.8 Å². The number of halogens is 4. The maximum absolute atomic E-state index is 14.0. The van der Waals surface area contributed by atoms with Gasteiger partial charge in [0.1, 0.15) is 35.4 Å². The van der Waals surface area contributed by atoms with Crippen molar-refractivity contribution in [3.63, 3.8) is 0 Å². The van der Waals surface area contributed by atoms with Crippen LogP contribution in [0.3, 0.4) is 0 Å². The summed E-state index contributed by atoms with van der Waals surface area (Å²) in [6, 6.07) is 37.9. The highest BCUT2D eigenvalue weighted by atomic mass is 19.1. The Labute approximate surface area is 774 Å². The van der Waals surface area contributed by atoms with Crippen molar-refractivity contribution >= 4 is 139 Å². The second kappa shape index (κ2) is 46.8. The molecule has 2 atom stereocenters. The van der Waals surface area contributed by atoms with E-state index in [1.165, 1.54) is 42.5 Å². The van der Waals surface area contributed by atoms with Crippen molar-refractivity contribution in [1.29, 1.82) is 0 Å². The number of aromatic amines is 2. The molecule has 0 saturated carbocycles. The molecule has 708 valence electrons. The summed E-state index contributed by atoms with van der Waals surface area (Å²) >= 11 is 0. The van der Waals surface area contributed by atoms with Crippen molar-refractivity contribution in [3.8, 4) is 0 Å². The molecule has 6 fully saturated rings. The number of piperazine rings is 2. The van der Waals surface area contributed by atoms with E-state index >= 15 is 0 Å². The number of aldehydes is 2. The van der Waals surface area contributed by atoms with Gasteiger partial charge in [0.15, 0.2) is 24.2 Å². The fourth-order valence-electron chi connectivity index (χ4n) is 17.0. The predicted molar refractivity (Wildman–Crippen MR) is 501 cm³/mol. The van der Waals surface area contributed by atoms with Crippen molar-refractivity contribution in [3.05, 3.63) is 224 Å². The number of piperidine rings is 2. The van der Waals surface area contributed by atoms with Gasteiger partial charge in [0, 0.05) is 198 Å². The lowest BCUT2D eigenvalue weighted by atomic mass is 10.0. The molecule has 14 N–H and O–H groups in total. The average Bonchev–Trinajstić information content (AvgIpc) is 1.70. The molecule has 0 radical (unpaired) electrons. The number of hydrogen-bond acceptors (Lipinski definition) is 23. The third kappa shape index (κ3) is 27.0. The highest BCUT2D eigenvalue weighted by molar-refractivity contribution is 6.13. The molecule has 9 amide bonds. The Morgan fingerprint density at radius 1 is 0.444 bits per heavy atom. The number of aliphatic carboxylic acids is 1. The number of carbonyl (C=O) groups is 12. The quantitative estimate of drug-likeness (QED) is 0.00771. The molecule has 6 aliphatic rings. The minimum absolute atomic E-state index is 0.0958. The van der Waals surface area contributed by atoms with Crippen molar-refractivity contribution in [1.82, 2.24) is 51.9 Å². The number of rotatable bonds is 34. The Morgan fingerprint density at radius 2 is 0.874 bits per heavy atom. The number of aromatic nitrogens is 4. The molecule has 135 heavy (non-hydrogen) atoms. The summed E-state index contributed by atoms with van der Waals surface area (Å²) in [6.45, 7) is 9.83. The molecule has 33 nitrogen and oxygen atoms in total. The molecule has 8 heterocycles. The Hall–Kier alpha value is -14.5. The normalized spacial score (nSPS) is 16.5. The topological polar surface area (TPSA) is 443 Å². The smallest absolute Gasteiger partial charge is 0.303 e. The van der Waals surface area contributed by atoms with Crippen LogP contribution in [0.5, 0.6) is 0 Å². The Bertz CT molecular complexity index is 5970. The van der Waals surface area contributed by atoms with Crippen LogP contribution < -0.4 is 68.3 Å². The minimum Gasteiger partial charge on any atom is -0.481 e. The van der Waals surface area contributed by atoms with Crippen LogP contribution in [0.1, 0.15) is 187 Å². The molecule has 0 spiro atoms. The summed E-state index contributed by atoms with van der Waals surface area (Å²) in [6.07, 6.45) is 10.7. The fraction of sp³-hybridized carbons (Fsp3) is 0.367. The van der Waals surface area contributed by atoms with Gasteiger partial charge in [0.2, 0.25) is 29.5 Å². The summed E-state index contributed by atoms with van der Waals surface area (Å²) in [5.41, 5.74) is 10.5. The second-order valence-electron chi connectivity index (χ2n) is 34.0. The molecule has 2 unspecified atom stereocenters. The van der Waals surface area contributed by atoms with E-state index in [1.54, 1.807) is 24.3 Å². The molecule has 16 rings (SSSR count). The Balaban J connectivity index is 0.000000181. The Morgan fingerprint density at radius 3 is 1.30 bits per heavy atom. The van der Waals surface area contributed by atoms with Gasteiger partial charge in [-0.1, -0.05) is 25.0 Å². The molecule has 0 aliphatic carbocycles. The largest absolute Gasteiger partial charge is 0.481 e. The summed E-state index contributed by atoms with van der Waals surface area (Å²) < 4.78 is 66.3. The Kier molecular flexibility index (Phi) is 33.5. The summed E-state index contributed by atoms with van der Waals surface area (Å²) in [5.74, 6) is -6.17. The SMILES string of the molecule is O=C(Nc1n[nH]c2ccc(Cc3cc(F)cc(F)c3)cc12)c1ccc(N2CCNCC2)cc1NC1CCOCC1.O=Cc1ccc(NCCCCCC(=O)N2CCN(c3ccc(C(=O)Nc4n[nH]c5ccc(Cc6cc(F)cc(F)c6)cc45)c(NC4CCOCC4)c3)CC2)cc1C(=O)NC1CCC(=O)NC1=O.O=Cc1ccc(NCCCCCC(=O)O)cc1C(=O)NC1CCC(=O)NC1=O. The van der Waals surface area contributed by atoms with Crippen LogP contribution in [0.2, 0.25) is 0 Å². The van der Waals surface area contributed by atoms with E-state index in [2.05, 4.69) is 94.7 Å². The molecule has 2 aromatic heterocycles. The van der Waals surface area contributed by atoms with Gasteiger partial charge in [-0.05, 0) is 221 Å². The van der Waals surface area contributed by atoms with Gasteiger partial charge in [-0.25, -0.2) is 17.6 Å². The number of imide groups is 2. The first-order valence-corrected chi connectivity index (χ1v) is 45.5. The standard InChI is InChI=1S/C49H53F2N9O7.C30H32F2N6O2.C19H23N3O6/c50-33-23-31(24-34(51)26-33)22-30-5-10-41-40(25-30)46(58-57-41)56-47(64)38-9-8-37(28-43(38)53-35-13-20-67-21-14-35)59-16-18-60(19-17-59)45(63)4-2-1-3-15-52-36-7-6-32(29-61)39(27-36)48(65)54-42-11-12-44(62)55-49(42)66;31-21-14-20(15-22(32)17-21)13-19-1-4-27-26(16-19)29(37-36-27)35-30(39)25-3-2-24(38-9-7-33-8-10-38)18-28(25)34-23-5-11-40-12-6-23;23-11-12-5-6-13(20-9-3-1-2-4-17(25)26)10-14(12)18(27)21-15-7-8-16(24)22-19(15)28/h5-10,23-29,35,42,52-53H,1-4,11-22H2,(H,54,65)(H,55,62,66)(H2,56,57,58,64);1-4,14-18,23,33-34H,5-13H2,(H2,35,36,37,39);5-6,10-11,15,20H,1-4,7-9H2,(H,21,27)(H,25,26)(H,22,24,28). The zero-order chi connectivity index (χ0) is 94.9. The molecule has 10 aromatic rings. The number of carboxylic acid groups (broad SMARTS) is 1. The first-order chi connectivity index (χ1) is 65.4. The molecule has 0 bridgehead atoms. The van der Waals surface area contributed by atoms with Crippen molar-refractivity contribution in [2.75, 3.05) is 134 Å². The van der Waals surface area contributed by atoms with Gasteiger partial charge >= 0.3 is 5.97 Å². The molecular weight excluding hydrogens is 1750 g/mol. The second-order valence-corrected chi connectivity index (χ2v) is 34.0. The maximum atomic E-state index is 14.0. The highest BCUT2D eigenvalue weighted by Crippen LogP contribution is 2.34. The van der Waals surface area contributed by atoms with E-state index in [-0.39, 0.29) is 96.0 Å². The van der Waals surface area contributed by atoms with E-state index in [1.807, 2.05) is 65.6 Å². The van der Waals surface area contributed by atoms with E-state index in [0.717, 1.165) is 129 Å². The number of nitrogens with zero attached hydrogens (tertiary/aromatic N) is 5. The third-order valence-corrected chi connectivity index (χ3v) is 24.2. The lowest BCUT2D eigenvalue weighted by Crippen LogP contribution is -2.52. The summed E-state index contributed by atoms with van der Waals surface area (Å²) in [4.78, 5) is 153. The van der Waals surface area contributed by atoms with E-state index in [9.17, 15) is 75.1 Å². The molecule has 37 heteroatoms. The van der Waals surface area contributed by atoms with Gasteiger partial charge < -0.3 is 77.1 Å². The van der Waals surface area contributed by atoms with Crippen LogP contribution >= 0.6 is 0 Å². The van der Waals surface area contributed by atoms with Crippen LogP contribution in [0.4, 0.5) is 63.3 Å². The number of ether oxygens (including phenoxy) is 2. The van der Waals surface area contributed by atoms with Crippen molar-refractivity contribution < 1.29 is 89.7 Å². The van der Waals surface area contributed by atoms with Crippen LogP contribution in [0.15, 0.2) is 146 Å². The zero-order valence-electron chi connectivity index (χ0n) is 74.4. The van der Waals surface area contributed by atoms with Crippen LogP contribution in [-0.2, 0) is 51.1 Å². The molecule has 6 saturated heterocycles. The van der Waals surface area contributed by atoms with Gasteiger partial charge in [0.05, 0.1) is 33.3 Å². The number of anilines is 8. The number of fused-ring (bicyclic) bond motifs is 2. The van der Waals surface area contributed by atoms with E-state index in [4.69, 9.17) is 14.6 Å². The fourth-order valence-corrected chi connectivity index (χ4v) is 17.0. The molecular formula is C98H108F4N18O15. The maximum Gasteiger partial charge on any atom is 0.303 e. The zero-order valence-corrected chi connectivity index (χ0v) is 74.4. The van der Waals surface area contributed by atoms with Gasteiger partial charge in [0.25, 0.3) is 23.6 Å². The first-order valence-electron chi connectivity index (χ1n) is 45.5. The number of carboxylic acids is 1. The first kappa shape index (κ1) is 96.6. The molecule has 8 aromatic carbocycles. The predicted octanol–water partition coefficient (Wildman–Crippen LogP) is 11.7. The molecule has 6 aliphatic heterocycles. The number of H-pyrrole nitrogens is 2. The average molecular weight is 1850 g/mol. The van der Waals surface area contributed by atoms with Crippen LogP contribution in [0, 0.1) is 23.3 Å². The van der Waals surface area contributed by atoms with Crippen molar-refractivity contribution in [2.45, 2.75) is 140 Å². The van der Waals surface area contributed by atoms with E-state index < -0.39 is 65.0 Å². The van der Waals surface area contributed by atoms with Gasteiger partial charge in [-0.2, -0.15) is 10.2 Å². The number of amides is 9. The minimum atomic E-state index is -0.863. The van der Waals surface area contributed by atoms with Gasteiger partial charge in [-0.3, -0.25) is 78.4 Å². The van der Waals surface area contributed by atoms with Crippen LogP contribution in [-0.4, -0.2) is 218 Å². The monoisotopic (exact) mass is 1850 g/mol. The van der Waals surface area contributed by atoms with E-state index in [0.29, 0.717) is 172 Å². The number of benzene rings is 8. The third-order valence-electron chi connectivity index (χ3n) is 24.2.